The van der Waals surface area contributed by atoms with Crippen molar-refractivity contribution in [2.24, 2.45) is 5.41 Å². The second kappa shape index (κ2) is 8.30. The van der Waals surface area contributed by atoms with Gasteiger partial charge in [0.1, 0.15) is 12.4 Å². The molecule has 1 atom stereocenters. The molecule has 24 heavy (non-hydrogen) atoms. The number of benzene rings is 1. The van der Waals surface area contributed by atoms with Crippen molar-refractivity contribution in [3.63, 3.8) is 0 Å². The van der Waals surface area contributed by atoms with Gasteiger partial charge in [0.05, 0.1) is 5.75 Å². The summed E-state index contributed by atoms with van der Waals surface area (Å²) in [5, 5.41) is 0. The maximum atomic E-state index is 10.7. The molecule has 132 valence electrons. The van der Waals surface area contributed by atoms with E-state index in [0.29, 0.717) is 18.4 Å². The van der Waals surface area contributed by atoms with Crippen LogP contribution in [0.5, 0.6) is 5.75 Å². The second-order valence-corrected chi connectivity index (χ2v) is 8.40. The van der Waals surface area contributed by atoms with Crippen LogP contribution in [0, 0.1) is 5.41 Å². The summed E-state index contributed by atoms with van der Waals surface area (Å²) < 4.78 is 25.6. The quantitative estimate of drug-likeness (QED) is 0.588. The molecule has 1 N–H and O–H groups in total. The maximum absolute atomic E-state index is 10.7. The van der Waals surface area contributed by atoms with E-state index in [4.69, 9.17) is 9.29 Å². The van der Waals surface area contributed by atoms with E-state index in [0.717, 1.165) is 11.3 Å². The Labute approximate surface area is 147 Å². The lowest BCUT2D eigenvalue weighted by atomic mass is 9.65. The summed E-state index contributed by atoms with van der Waals surface area (Å²) in [5.74, 6) is 1.17. The SMILES string of the molecule is O=S(O)CCc1ccc(OCC2=CCCC3(CCCCC3)C2)cc1. The van der Waals surface area contributed by atoms with E-state index in [1.165, 1.54) is 56.9 Å². The van der Waals surface area contributed by atoms with E-state index >= 15 is 0 Å². The van der Waals surface area contributed by atoms with Gasteiger partial charge in [-0.3, -0.25) is 0 Å². The van der Waals surface area contributed by atoms with E-state index in [2.05, 4.69) is 6.08 Å². The lowest BCUT2D eigenvalue weighted by molar-refractivity contribution is 0.158. The van der Waals surface area contributed by atoms with Gasteiger partial charge in [0.15, 0.2) is 11.1 Å². The third-order valence-electron chi connectivity index (χ3n) is 5.54. The fourth-order valence-corrected chi connectivity index (χ4v) is 4.61. The molecular weight excluding hydrogens is 320 g/mol. The van der Waals surface area contributed by atoms with Gasteiger partial charge in [0, 0.05) is 0 Å². The van der Waals surface area contributed by atoms with E-state index in [1.807, 2.05) is 24.3 Å². The Bertz CT molecular complexity index is 585. The van der Waals surface area contributed by atoms with Crippen LogP contribution >= 0.6 is 0 Å². The highest BCUT2D eigenvalue weighted by Crippen LogP contribution is 2.47. The zero-order valence-corrected chi connectivity index (χ0v) is 15.2. The zero-order valence-electron chi connectivity index (χ0n) is 14.3. The van der Waals surface area contributed by atoms with Crippen LogP contribution in [0.15, 0.2) is 35.9 Å². The second-order valence-electron chi connectivity index (χ2n) is 7.35. The van der Waals surface area contributed by atoms with Gasteiger partial charge in [-0.15, -0.1) is 0 Å². The van der Waals surface area contributed by atoms with Crippen LogP contribution < -0.4 is 4.74 Å². The molecule has 0 bridgehead atoms. The zero-order chi connectivity index (χ0) is 16.8. The summed E-state index contributed by atoms with van der Waals surface area (Å²) in [6, 6.07) is 7.91. The van der Waals surface area contributed by atoms with Gasteiger partial charge < -0.3 is 9.29 Å². The van der Waals surface area contributed by atoms with E-state index in [1.54, 1.807) is 0 Å². The van der Waals surface area contributed by atoms with Gasteiger partial charge in [0.2, 0.25) is 0 Å². The molecule has 1 aromatic carbocycles. The number of aryl methyl sites for hydroxylation is 1. The number of hydrogen-bond donors (Lipinski definition) is 1. The highest BCUT2D eigenvalue weighted by atomic mass is 32.2. The molecule has 1 aromatic rings. The van der Waals surface area contributed by atoms with Gasteiger partial charge in [-0.05, 0) is 67.2 Å². The maximum Gasteiger partial charge on any atom is 0.153 e. The highest BCUT2D eigenvalue weighted by molar-refractivity contribution is 7.79. The van der Waals surface area contributed by atoms with Crippen LogP contribution in [0.4, 0.5) is 0 Å². The molecule has 1 spiro atoms. The van der Waals surface area contributed by atoms with Crippen LogP contribution in [0.3, 0.4) is 0 Å². The van der Waals surface area contributed by atoms with E-state index in [-0.39, 0.29) is 5.75 Å². The summed E-state index contributed by atoms with van der Waals surface area (Å²) in [7, 11) is 0. The molecule has 3 rings (SSSR count). The van der Waals surface area contributed by atoms with Crippen LogP contribution in [-0.2, 0) is 17.5 Å². The Morgan fingerprint density at radius 1 is 1.08 bits per heavy atom. The first-order valence-electron chi connectivity index (χ1n) is 9.12. The Balaban J connectivity index is 1.50. The standard InChI is InChI=1S/C20H28O3S/c21-24(22)14-10-17-6-8-19(9-7-17)23-16-18-5-4-13-20(15-18)11-2-1-3-12-20/h5-9H,1-4,10-16H2,(H,21,22). The van der Waals surface area contributed by atoms with Gasteiger partial charge >= 0.3 is 0 Å². The molecule has 1 saturated carbocycles. The van der Waals surface area contributed by atoms with Crippen LogP contribution in [0.25, 0.3) is 0 Å². The summed E-state index contributed by atoms with van der Waals surface area (Å²) >= 11 is -1.72. The van der Waals surface area contributed by atoms with Crippen molar-refractivity contribution in [1.82, 2.24) is 0 Å². The van der Waals surface area contributed by atoms with Gasteiger partial charge in [-0.25, -0.2) is 4.21 Å². The van der Waals surface area contributed by atoms with E-state index < -0.39 is 11.1 Å². The number of ether oxygens (including phenoxy) is 1. The minimum Gasteiger partial charge on any atom is -0.489 e. The number of allylic oxidation sites excluding steroid dienone is 1. The number of rotatable bonds is 6. The predicted molar refractivity (Wildman–Crippen MR) is 98.7 cm³/mol. The Hall–Kier alpha value is -1.13. The summed E-state index contributed by atoms with van der Waals surface area (Å²) in [6.07, 6.45) is 13.8. The molecular formula is C20H28O3S. The van der Waals surface area contributed by atoms with Gasteiger partial charge in [-0.2, -0.15) is 0 Å². The fraction of sp³-hybridized carbons (Fsp3) is 0.600. The third kappa shape index (κ3) is 4.93. The van der Waals surface area contributed by atoms with Crippen molar-refractivity contribution in [3.05, 3.63) is 41.5 Å². The van der Waals surface area contributed by atoms with Crippen LogP contribution in [0.2, 0.25) is 0 Å². The Morgan fingerprint density at radius 2 is 1.83 bits per heavy atom. The molecule has 1 unspecified atom stereocenters. The molecule has 1 fully saturated rings. The monoisotopic (exact) mass is 348 g/mol. The summed E-state index contributed by atoms with van der Waals surface area (Å²) in [6.45, 7) is 0.696. The largest absolute Gasteiger partial charge is 0.489 e. The molecule has 4 heteroatoms. The van der Waals surface area contributed by atoms with Gasteiger partial charge in [-0.1, -0.05) is 37.5 Å². The van der Waals surface area contributed by atoms with Crippen LogP contribution in [-0.4, -0.2) is 21.1 Å². The summed E-state index contributed by atoms with van der Waals surface area (Å²) in [5.41, 5.74) is 3.10. The molecule has 0 saturated heterocycles. The van der Waals surface area contributed by atoms with Crippen molar-refractivity contribution in [1.29, 1.82) is 0 Å². The van der Waals surface area contributed by atoms with Crippen LogP contribution in [0.1, 0.15) is 56.9 Å². The smallest absolute Gasteiger partial charge is 0.153 e. The Morgan fingerprint density at radius 3 is 2.54 bits per heavy atom. The van der Waals surface area contributed by atoms with E-state index in [9.17, 15) is 4.21 Å². The molecule has 3 nitrogen and oxygen atoms in total. The lowest BCUT2D eigenvalue weighted by Crippen LogP contribution is -2.28. The van der Waals surface area contributed by atoms with Crippen molar-refractivity contribution >= 4 is 11.1 Å². The molecule has 0 radical (unpaired) electrons. The first-order chi connectivity index (χ1) is 11.7. The average molecular weight is 349 g/mol. The molecule has 0 amide bonds. The van der Waals surface area contributed by atoms with Crippen molar-refractivity contribution in [2.45, 2.75) is 57.8 Å². The molecule has 0 heterocycles. The highest BCUT2D eigenvalue weighted by Gasteiger charge is 2.34. The van der Waals surface area contributed by atoms with Crippen molar-refractivity contribution < 1.29 is 13.5 Å². The van der Waals surface area contributed by atoms with Crippen molar-refractivity contribution in [3.8, 4) is 5.75 Å². The molecule has 2 aliphatic carbocycles. The summed E-state index contributed by atoms with van der Waals surface area (Å²) in [4.78, 5) is 0. The van der Waals surface area contributed by atoms with Gasteiger partial charge in [0.25, 0.3) is 0 Å². The lowest BCUT2D eigenvalue weighted by Gasteiger charge is -2.40. The first kappa shape index (κ1) is 17.7. The minimum absolute atomic E-state index is 0.287. The minimum atomic E-state index is -1.72. The topological polar surface area (TPSA) is 46.5 Å². The third-order valence-corrected chi connectivity index (χ3v) is 6.09. The van der Waals surface area contributed by atoms with Crippen molar-refractivity contribution in [2.75, 3.05) is 12.4 Å². The number of hydrogen-bond acceptors (Lipinski definition) is 2. The normalized spacial score (nSPS) is 21.3. The molecule has 0 aromatic heterocycles. The fourth-order valence-electron chi connectivity index (χ4n) is 4.20. The Kier molecular flexibility index (Phi) is 6.12. The first-order valence-corrected chi connectivity index (χ1v) is 10.4. The average Bonchev–Trinajstić information content (AvgIpc) is 2.60. The molecule has 2 aliphatic rings. The predicted octanol–water partition coefficient (Wildman–Crippen LogP) is 4.89. The molecule has 0 aliphatic heterocycles.